The fourth-order valence-corrected chi connectivity index (χ4v) is 5.46. The molecule has 1 aromatic rings. The molecule has 1 saturated heterocycles. The maximum Gasteiger partial charge on any atom is 0.145 e. The monoisotopic (exact) mass is 295 g/mol. The van der Waals surface area contributed by atoms with E-state index < -0.39 is 0 Å². The van der Waals surface area contributed by atoms with Gasteiger partial charge in [-0.3, -0.25) is 0 Å². The van der Waals surface area contributed by atoms with Crippen LogP contribution in [0, 0.1) is 0 Å². The molecule has 2 unspecified atom stereocenters. The van der Waals surface area contributed by atoms with Crippen LogP contribution in [-0.4, -0.2) is 33.8 Å². The van der Waals surface area contributed by atoms with Crippen LogP contribution in [0.1, 0.15) is 48.9 Å². The minimum atomic E-state index is 0.467. The molecule has 1 aliphatic carbocycles. The minimum absolute atomic E-state index is 0.467. The molecule has 0 aromatic carbocycles. The SMILES string of the molecule is CCC1SCCSC1c1nc(NC)cc(C2CC2)n1. The number of nitrogens with one attached hydrogen (secondary N) is 1. The zero-order valence-corrected chi connectivity index (χ0v) is 13.2. The van der Waals surface area contributed by atoms with Crippen LogP contribution in [0.4, 0.5) is 5.82 Å². The minimum Gasteiger partial charge on any atom is -0.373 e. The van der Waals surface area contributed by atoms with Gasteiger partial charge in [0.1, 0.15) is 11.6 Å². The van der Waals surface area contributed by atoms with Crippen LogP contribution in [0.5, 0.6) is 0 Å². The lowest BCUT2D eigenvalue weighted by Gasteiger charge is -2.29. The highest BCUT2D eigenvalue weighted by atomic mass is 32.2. The van der Waals surface area contributed by atoms with Crippen molar-refractivity contribution in [1.29, 1.82) is 0 Å². The Balaban J connectivity index is 1.91. The van der Waals surface area contributed by atoms with Gasteiger partial charge < -0.3 is 5.32 Å². The van der Waals surface area contributed by atoms with Gasteiger partial charge in [-0.2, -0.15) is 11.8 Å². The summed E-state index contributed by atoms with van der Waals surface area (Å²) in [5.41, 5.74) is 1.25. The lowest BCUT2D eigenvalue weighted by atomic mass is 10.2. The lowest BCUT2D eigenvalue weighted by Crippen LogP contribution is -2.21. The summed E-state index contributed by atoms with van der Waals surface area (Å²) in [6.45, 7) is 2.28. The number of hydrogen-bond acceptors (Lipinski definition) is 5. The van der Waals surface area contributed by atoms with E-state index in [1.165, 1.54) is 36.5 Å². The lowest BCUT2D eigenvalue weighted by molar-refractivity contribution is 0.741. The molecule has 0 amide bonds. The first-order valence-electron chi connectivity index (χ1n) is 7.11. The normalized spacial score (nSPS) is 27.3. The molecule has 104 valence electrons. The summed E-state index contributed by atoms with van der Waals surface area (Å²) in [4.78, 5) is 9.61. The molecule has 3 rings (SSSR count). The van der Waals surface area contributed by atoms with Crippen LogP contribution in [0.25, 0.3) is 0 Å². The van der Waals surface area contributed by atoms with Gasteiger partial charge in [0.2, 0.25) is 0 Å². The molecular weight excluding hydrogens is 274 g/mol. The summed E-state index contributed by atoms with van der Waals surface area (Å²) in [6, 6.07) is 2.13. The first-order valence-corrected chi connectivity index (χ1v) is 9.21. The van der Waals surface area contributed by atoms with Crippen molar-refractivity contribution >= 4 is 29.3 Å². The molecule has 1 saturated carbocycles. The first kappa shape index (κ1) is 13.6. The molecule has 2 aliphatic rings. The third kappa shape index (κ3) is 3.02. The highest BCUT2D eigenvalue weighted by Crippen LogP contribution is 2.45. The van der Waals surface area contributed by atoms with E-state index in [4.69, 9.17) is 9.97 Å². The van der Waals surface area contributed by atoms with Crippen molar-refractivity contribution in [2.24, 2.45) is 0 Å². The van der Waals surface area contributed by atoms with Gasteiger partial charge in [0.25, 0.3) is 0 Å². The predicted octanol–water partition coefficient (Wildman–Crippen LogP) is 3.70. The van der Waals surface area contributed by atoms with Gasteiger partial charge in [0, 0.05) is 41.5 Å². The van der Waals surface area contributed by atoms with Gasteiger partial charge in [-0.15, -0.1) is 11.8 Å². The van der Waals surface area contributed by atoms with Crippen molar-refractivity contribution in [3.63, 3.8) is 0 Å². The Morgan fingerprint density at radius 3 is 2.74 bits per heavy atom. The van der Waals surface area contributed by atoms with Gasteiger partial charge in [0.05, 0.1) is 5.25 Å². The van der Waals surface area contributed by atoms with Crippen LogP contribution in [0.15, 0.2) is 6.07 Å². The Morgan fingerprint density at radius 2 is 2.05 bits per heavy atom. The highest BCUT2D eigenvalue weighted by molar-refractivity contribution is 8.06. The summed E-state index contributed by atoms with van der Waals surface area (Å²) in [5.74, 6) is 5.21. The van der Waals surface area contributed by atoms with Crippen molar-refractivity contribution in [3.8, 4) is 0 Å². The quantitative estimate of drug-likeness (QED) is 0.917. The molecule has 2 fully saturated rings. The zero-order valence-electron chi connectivity index (χ0n) is 11.6. The fourth-order valence-electron chi connectivity index (χ4n) is 2.47. The molecule has 1 aromatic heterocycles. The maximum absolute atomic E-state index is 4.88. The predicted molar refractivity (Wildman–Crippen MR) is 85.3 cm³/mol. The van der Waals surface area contributed by atoms with E-state index in [1.54, 1.807) is 0 Å². The third-order valence-electron chi connectivity index (χ3n) is 3.72. The first-order chi connectivity index (χ1) is 9.31. The fraction of sp³-hybridized carbons (Fsp3) is 0.714. The molecule has 0 radical (unpaired) electrons. The van der Waals surface area contributed by atoms with E-state index >= 15 is 0 Å². The number of nitrogens with zero attached hydrogens (tertiary/aromatic N) is 2. The van der Waals surface area contributed by atoms with Gasteiger partial charge in [-0.05, 0) is 19.3 Å². The van der Waals surface area contributed by atoms with Crippen molar-refractivity contribution in [3.05, 3.63) is 17.6 Å². The molecule has 2 atom stereocenters. The Morgan fingerprint density at radius 1 is 1.26 bits per heavy atom. The summed E-state index contributed by atoms with van der Waals surface area (Å²) in [5, 5.41) is 4.33. The molecule has 0 spiro atoms. The molecule has 5 heteroatoms. The van der Waals surface area contributed by atoms with Crippen molar-refractivity contribution in [1.82, 2.24) is 9.97 Å². The van der Waals surface area contributed by atoms with E-state index in [0.29, 0.717) is 16.4 Å². The summed E-state index contributed by atoms with van der Waals surface area (Å²) in [7, 11) is 1.95. The molecule has 2 heterocycles. The van der Waals surface area contributed by atoms with E-state index in [9.17, 15) is 0 Å². The van der Waals surface area contributed by atoms with Gasteiger partial charge >= 0.3 is 0 Å². The Bertz CT molecular complexity index is 448. The molecule has 0 bridgehead atoms. The van der Waals surface area contributed by atoms with Crippen molar-refractivity contribution in [2.45, 2.75) is 42.6 Å². The van der Waals surface area contributed by atoms with Crippen LogP contribution in [0.3, 0.4) is 0 Å². The average molecular weight is 295 g/mol. The van der Waals surface area contributed by atoms with Gasteiger partial charge in [-0.1, -0.05) is 6.92 Å². The van der Waals surface area contributed by atoms with E-state index in [2.05, 4.69) is 30.1 Å². The highest BCUT2D eigenvalue weighted by Gasteiger charge is 2.31. The second kappa shape index (κ2) is 5.92. The molecule has 1 aliphatic heterocycles. The Hall–Kier alpha value is -0.420. The summed E-state index contributed by atoms with van der Waals surface area (Å²) >= 11 is 4.12. The second-order valence-electron chi connectivity index (χ2n) is 5.17. The van der Waals surface area contributed by atoms with Crippen molar-refractivity contribution in [2.75, 3.05) is 23.9 Å². The van der Waals surface area contributed by atoms with Gasteiger partial charge in [0.15, 0.2) is 0 Å². The number of aromatic nitrogens is 2. The van der Waals surface area contributed by atoms with E-state index in [0.717, 1.165) is 11.6 Å². The van der Waals surface area contributed by atoms with Crippen LogP contribution < -0.4 is 5.32 Å². The number of anilines is 1. The molecular formula is C14H21N3S2. The number of hydrogen-bond donors (Lipinski definition) is 1. The average Bonchev–Trinajstić information content (AvgIpc) is 3.31. The third-order valence-corrected chi connectivity index (χ3v) is 6.96. The molecule has 1 N–H and O–H groups in total. The maximum atomic E-state index is 4.88. The van der Waals surface area contributed by atoms with Crippen LogP contribution >= 0.6 is 23.5 Å². The smallest absolute Gasteiger partial charge is 0.145 e. The van der Waals surface area contributed by atoms with E-state index in [1.807, 2.05) is 18.8 Å². The van der Waals surface area contributed by atoms with E-state index in [-0.39, 0.29) is 0 Å². The Kier molecular flexibility index (Phi) is 4.22. The number of thioether (sulfide) groups is 2. The standard InChI is InChI=1S/C14H21N3S2/c1-3-11-13(19-7-6-18-11)14-16-10(9-4-5-9)8-12(15-2)17-14/h8-9,11,13H,3-7H2,1-2H3,(H,15,16,17). The van der Waals surface area contributed by atoms with Gasteiger partial charge in [-0.25, -0.2) is 9.97 Å². The largest absolute Gasteiger partial charge is 0.373 e. The van der Waals surface area contributed by atoms with Crippen molar-refractivity contribution < 1.29 is 0 Å². The zero-order chi connectivity index (χ0) is 13.2. The summed E-state index contributed by atoms with van der Waals surface area (Å²) < 4.78 is 0. The summed E-state index contributed by atoms with van der Waals surface area (Å²) in [6.07, 6.45) is 3.79. The molecule has 3 nitrogen and oxygen atoms in total. The van der Waals surface area contributed by atoms with Crippen LogP contribution in [0.2, 0.25) is 0 Å². The topological polar surface area (TPSA) is 37.8 Å². The number of rotatable bonds is 4. The Labute approximate surface area is 123 Å². The second-order valence-corrected chi connectivity index (χ2v) is 7.77. The van der Waals surface area contributed by atoms with Crippen LogP contribution in [-0.2, 0) is 0 Å². The molecule has 19 heavy (non-hydrogen) atoms.